The molecular weight excluding hydrogens is 302 g/mol. The summed E-state index contributed by atoms with van der Waals surface area (Å²) in [5.41, 5.74) is 2.65. The normalized spacial score (nSPS) is 14.5. The number of amides is 1. The predicted molar refractivity (Wildman–Crippen MR) is 92.4 cm³/mol. The average Bonchev–Trinajstić information content (AvgIpc) is 3.13. The van der Waals surface area contributed by atoms with Crippen molar-refractivity contribution in [3.05, 3.63) is 42.4 Å². The third-order valence-corrected chi connectivity index (χ3v) is 4.52. The average molecular weight is 325 g/mol. The van der Waals surface area contributed by atoms with Crippen LogP contribution in [0.15, 0.2) is 36.7 Å². The highest BCUT2D eigenvalue weighted by molar-refractivity contribution is 5.76. The van der Waals surface area contributed by atoms with E-state index in [2.05, 4.69) is 15.3 Å². The molecule has 1 amide bonds. The van der Waals surface area contributed by atoms with E-state index in [-0.39, 0.29) is 5.91 Å². The van der Waals surface area contributed by atoms with Gasteiger partial charge in [-0.05, 0) is 49.1 Å². The molecule has 1 aromatic heterocycles. The van der Waals surface area contributed by atoms with Crippen LogP contribution < -0.4 is 10.1 Å². The van der Waals surface area contributed by atoms with E-state index in [1.807, 2.05) is 30.3 Å². The maximum Gasteiger partial charge on any atom is 0.220 e. The van der Waals surface area contributed by atoms with E-state index in [9.17, 15) is 4.79 Å². The van der Waals surface area contributed by atoms with Gasteiger partial charge in [-0.15, -0.1) is 0 Å². The van der Waals surface area contributed by atoms with Crippen LogP contribution in [0.4, 0.5) is 0 Å². The van der Waals surface area contributed by atoms with Crippen molar-refractivity contribution >= 4 is 5.91 Å². The Labute approximate surface area is 142 Å². The highest BCUT2D eigenvalue weighted by atomic mass is 16.5. The predicted octanol–water partition coefficient (Wildman–Crippen LogP) is 3.35. The van der Waals surface area contributed by atoms with Gasteiger partial charge in [-0.3, -0.25) is 4.79 Å². The van der Waals surface area contributed by atoms with Crippen LogP contribution in [-0.2, 0) is 11.3 Å². The van der Waals surface area contributed by atoms with Crippen molar-refractivity contribution < 1.29 is 9.53 Å². The first-order valence-corrected chi connectivity index (χ1v) is 8.46. The lowest BCUT2D eigenvalue weighted by Gasteiger charge is -2.10. The molecule has 0 unspecified atom stereocenters. The zero-order valence-electron chi connectivity index (χ0n) is 14.0. The molecule has 24 heavy (non-hydrogen) atoms. The van der Waals surface area contributed by atoms with E-state index in [0.29, 0.717) is 18.9 Å². The fourth-order valence-corrected chi connectivity index (χ4v) is 3.15. The maximum atomic E-state index is 12.0. The van der Waals surface area contributed by atoms with E-state index >= 15 is 0 Å². The molecule has 0 spiro atoms. The molecule has 1 heterocycles. The fraction of sp³-hybridized carbons (Fsp3) is 0.421. The third kappa shape index (κ3) is 4.31. The quantitative estimate of drug-likeness (QED) is 0.884. The van der Waals surface area contributed by atoms with Gasteiger partial charge >= 0.3 is 0 Å². The second-order valence-corrected chi connectivity index (χ2v) is 6.25. The Morgan fingerprint density at radius 3 is 2.67 bits per heavy atom. The minimum atomic E-state index is 0.117. The van der Waals surface area contributed by atoms with Gasteiger partial charge in [0.15, 0.2) is 0 Å². The molecule has 2 aromatic rings. The summed E-state index contributed by atoms with van der Waals surface area (Å²) in [4.78, 5) is 20.6. The monoisotopic (exact) mass is 325 g/mol. The van der Waals surface area contributed by atoms with Gasteiger partial charge in [0.2, 0.25) is 5.91 Å². The second kappa shape index (κ2) is 7.90. The van der Waals surface area contributed by atoms with E-state index in [4.69, 9.17) is 4.74 Å². The number of hydrogen-bond donors (Lipinski definition) is 1. The molecule has 126 valence electrons. The molecule has 5 nitrogen and oxygen atoms in total. The summed E-state index contributed by atoms with van der Waals surface area (Å²) in [5, 5.41) is 2.97. The Hall–Kier alpha value is -2.43. The SMILES string of the molecule is COc1ccc(-c2cc(CNC(=O)CC3CCCC3)ncn2)cc1. The topological polar surface area (TPSA) is 64.1 Å². The fourth-order valence-electron chi connectivity index (χ4n) is 3.15. The van der Waals surface area contributed by atoms with Gasteiger partial charge in [-0.2, -0.15) is 0 Å². The van der Waals surface area contributed by atoms with Crippen molar-refractivity contribution in [3.63, 3.8) is 0 Å². The molecular formula is C19H23N3O2. The molecule has 0 atom stereocenters. The first-order valence-electron chi connectivity index (χ1n) is 8.46. The van der Waals surface area contributed by atoms with Crippen molar-refractivity contribution in [1.82, 2.24) is 15.3 Å². The summed E-state index contributed by atoms with van der Waals surface area (Å²) in [6.07, 6.45) is 7.06. The van der Waals surface area contributed by atoms with Crippen molar-refractivity contribution in [1.29, 1.82) is 0 Å². The second-order valence-electron chi connectivity index (χ2n) is 6.25. The molecule has 1 aliphatic carbocycles. The number of carbonyl (C=O) groups is 1. The van der Waals surface area contributed by atoms with Gasteiger partial charge in [-0.1, -0.05) is 12.8 Å². The Morgan fingerprint density at radius 1 is 1.21 bits per heavy atom. The largest absolute Gasteiger partial charge is 0.497 e. The van der Waals surface area contributed by atoms with Gasteiger partial charge in [0.25, 0.3) is 0 Å². The lowest BCUT2D eigenvalue weighted by molar-refractivity contribution is -0.122. The summed E-state index contributed by atoms with van der Waals surface area (Å²) in [7, 11) is 1.64. The maximum absolute atomic E-state index is 12.0. The lowest BCUT2D eigenvalue weighted by atomic mass is 10.0. The van der Waals surface area contributed by atoms with Crippen molar-refractivity contribution in [2.45, 2.75) is 38.6 Å². The number of carbonyl (C=O) groups excluding carboxylic acids is 1. The van der Waals surface area contributed by atoms with Gasteiger partial charge < -0.3 is 10.1 Å². The van der Waals surface area contributed by atoms with Crippen molar-refractivity contribution in [2.75, 3.05) is 7.11 Å². The number of nitrogens with one attached hydrogen (secondary N) is 1. The molecule has 1 aliphatic rings. The van der Waals surface area contributed by atoms with Crippen molar-refractivity contribution in [3.8, 4) is 17.0 Å². The summed E-state index contributed by atoms with van der Waals surface area (Å²) in [6.45, 7) is 0.442. The van der Waals surface area contributed by atoms with Crippen LogP contribution in [-0.4, -0.2) is 23.0 Å². The Kier molecular flexibility index (Phi) is 5.41. The van der Waals surface area contributed by atoms with Gasteiger partial charge in [0.05, 0.1) is 25.0 Å². The van der Waals surface area contributed by atoms with E-state index in [0.717, 1.165) is 22.7 Å². The lowest BCUT2D eigenvalue weighted by Crippen LogP contribution is -2.25. The minimum absolute atomic E-state index is 0.117. The molecule has 5 heteroatoms. The Morgan fingerprint density at radius 2 is 1.96 bits per heavy atom. The van der Waals surface area contributed by atoms with E-state index < -0.39 is 0 Å². The van der Waals surface area contributed by atoms with Crippen LogP contribution in [0.2, 0.25) is 0 Å². The highest BCUT2D eigenvalue weighted by Crippen LogP contribution is 2.27. The molecule has 1 fully saturated rings. The molecule has 1 aromatic carbocycles. The molecule has 0 radical (unpaired) electrons. The number of nitrogens with zero attached hydrogens (tertiary/aromatic N) is 2. The summed E-state index contributed by atoms with van der Waals surface area (Å²) >= 11 is 0. The zero-order chi connectivity index (χ0) is 16.8. The molecule has 0 bridgehead atoms. The molecule has 1 saturated carbocycles. The van der Waals surface area contributed by atoms with Gasteiger partial charge in [0.1, 0.15) is 12.1 Å². The molecule has 3 rings (SSSR count). The van der Waals surface area contributed by atoms with Crippen LogP contribution in [0.25, 0.3) is 11.3 Å². The first kappa shape index (κ1) is 16.4. The van der Waals surface area contributed by atoms with E-state index in [1.165, 1.54) is 32.0 Å². The van der Waals surface area contributed by atoms with Crippen LogP contribution in [0.3, 0.4) is 0 Å². The van der Waals surface area contributed by atoms with Crippen LogP contribution in [0.1, 0.15) is 37.8 Å². The number of ether oxygens (including phenoxy) is 1. The molecule has 1 N–H and O–H groups in total. The van der Waals surface area contributed by atoms with Crippen LogP contribution in [0, 0.1) is 5.92 Å². The number of hydrogen-bond acceptors (Lipinski definition) is 4. The first-order chi connectivity index (χ1) is 11.7. The van der Waals surface area contributed by atoms with E-state index in [1.54, 1.807) is 7.11 Å². The number of rotatable bonds is 6. The number of aromatic nitrogens is 2. The minimum Gasteiger partial charge on any atom is -0.497 e. The zero-order valence-corrected chi connectivity index (χ0v) is 14.0. The van der Waals surface area contributed by atoms with Crippen LogP contribution >= 0.6 is 0 Å². The standard InChI is InChI=1S/C19H23N3O2/c1-24-17-8-6-15(7-9-17)18-11-16(21-13-22-18)12-20-19(23)10-14-4-2-3-5-14/h6-9,11,13-14H,2-5,10,12H2,1H3,(H,20,23). The van der Waals surface area contributed by atoms with Gasteiger partial charge in [-0.25, -0.2) is 9.97 Å². The summed E-state index contributed by atoms with van der Waals surface area (Å²) < 4.78 is 5.17. The number of methoxy groups -OCH3 is 1. The Balaban J connectivity index is 1.59. The third-order valence-electron chi connectivity index (χ3n) is 4.52. The molecule has 0 aliphatic heterocycles. The number of benzene rings is 1. The smallest absolute Gasteiger partial charge is 0.220 e. The van der Waals surface area contributed by atoms with Crippen molar-refractivity contribution in [2.24, 2.45) is 5.92 Å². The highest BCUT2D eigenvalue weighted by Gasteiger charge is 2.18. The summed E-state index contributed by atoms with van der Waals surface area (Å²) in [5.74, 6) is 1.49. The van der Waals surface area contributed by atoms with Crippen LogP contribution in [0.5, 0.6) is 5.75 Å². The summed E-state index contributed by atoms with van der Waals surface area (Å²) in [6, 6.07) is 9.64. The van der Waals surface area contributed by atoms with Gasteiger partial charge in [0, 0.05) is 12.0 Å². The molecule has 0 saturated heterocycles. The Bertz CT molecular complexity index is 679.